The summed E-state index contributed by atoms with van der Waals surface area (Å²) in [4.78, 5) is 22.7. The third kappa shape index (κ3) is 3.99. The smallest absolute Gasteiger partial charge is 0.291 e. The summed E-state index contributed by atoms with van der Waals surface area (Å²) in [5.74, 6) is -0.0153. The molecule has 1 N–H and O–H groups in total. The summed E-state index contributed by atoms with van der Waals surface area (Å²) in [6.07, 6.45) is 0. The summed E-state index contributed by atoms with van der Waals surface area (Å²) >= 11 is 8.22. The number of benzene rings is 2. The van der Waals surface area contributed by atoms with E-state index >= 15 is 0 Å². The summed E-state index contributed by atoms with van der Waals surface area (Å²) < 4.78 is 6.47. The van der Waals surface area contributed by atoms with E-state index in [2.05, 4.69) is 27.9 Å². The Balaban J connectivity index is 1.82. The molecule has 25 heavy (non-hydrogen) atoms. The van der Waals surface area contributed by atoms with Gasteiger partial charge in [0.05, 0.1) is 15.6 Å². The van der Waals surface area contributed by atoms with Crippen molar-refractivity contribution >= 4 is 51.5 Å². The Morgan fingerprint density at radius 2 is 1.96 bits per heavy atom. The van der Waals surface area contributed by atoms with Crippen LogP contribution in [0.1, 0.15) is 10.6 Å². The highest BCUT2D eigenvalue weighted by Crippen LogP contribution is 2.27. The van der Waals surface area contributed by atoms with E-state index < -0.39 is 10.8 Å². The summed E-state index contributed by atoms with van der Waals surface area (Å²) in [5.41, 5.74) is 0.937. The first-order chi connectivity index (χ1) is 11.9. The Morgan fingerprint density at radius 3 is 2.68 bits per heavy atom. The molecule has 1 amide bonds. The summed E-state index contributed by atoms with van der Waals surface area (Å²) in [6, 6.07) is 14.3. The molecule has 8 heteroatoms. The van der Waals surface area contributed by atoms with Gasteiger partial charge in [0.25, 0.3) is 11.6 Å². The molecule has 3 rings (SSSR count). The lowest BCUT2D eigenvalue weighted by atomic mass is 10.1. The number of halogens is 2. The molecule has 0 saturated carbocycles. The van der Waals surface area contributed by atoms with E-state index in [9.17, 15) is 14.9 Å². The number of nitro groups is 1. The quantitative estimate of drug-likeness (QED) is 0.317. The first kappa shape index (κ1) is 17.4. The third-order valence-corrected chi connectivity index (χ3v) is 4.33. The van der Waals surface area contributed by atoms with Gasteiger partial charge in [0.1, 0.15) is 5.76 Å². The van der Waals surface area contributed by atoms with Crippen molar-refractivity contribution in [2.24, 2.45) is 0 Å². The summed E-state index contributed by atoms with van der Waals surface area (Å²) in [7, 11) is 0. The Hall–Kier alpha value is -2.39. The van der Waals surface area contributed by atoms with Crippen LogP contribution in [0.25, 0.3) is 11.3 Å². The molecule has 0 aliphatic carbocycles. The van der Waals surface area contributed by atoms with Gasteiger partial charge in [-0.05, 0) is 52.9 Å². The van der Waals surface area contributed by atoms with Crippen molar-refractivity contribution < 1.29 is 14.1 Å². The average Bonchev–Trinajstić information content (AvgIpc) is 3.07. The number of furan rings is 1. The minimum absolute atomic E-state index is 0.0504. The average molecular weight is 469 g/mol. The maximum absolute atomic E-state index is 12.3. The molecule has 3 aromatic rings. The molecule has 1 aromatic heterocycles. The lowest BCUT2D eigenvalue weighted by molar-refractivity contribution is -0.384. The molecule has 2 aromatic carbocycles. The zero-order valence-corrected chi connectivity index (χ0v) is 15.4. The van der Waals surface area contributed by atoms with E-state index in [1.165, 1.54) is 18.2 Å². The number of carbonyl (C=O) groups is 1. The van der Waals surface area contributed by atoms with Crippen molar-refractivity contribution in [3.63, 3.8) is 0 Å². The number of non-ortho nitro benzene ring substituents is 1. The second kappa shape index (κ2) is 7.24. The third-order valence-electron chi connectivity index (χ3n) is 3.35. The van der Waals surface area contributed by atoms with Gasteiger partial charge in [-0.1, -0.05) is 23.7 Å². The van der Waals surface area contributed by atoms with Crippen molar-refractivity contribution in [3.8, 4) is 11.3 Å². The van der Waals surface area contributed by atoms with Crippen LogP contribution in [0.2, 0.25) is 5.02 Å². The number of carbonyl (C=O) groups excluding carboxylic acids is 1. The number of anilines is 1. The van der Waals surface area contributed by atoms with Gasteiger partial charge in [-0.25, -0.2) is 0 Å². The maximum atomic E-state index is 12.3. The molecule has 0 aliphatic heterocycles. The van der Waals surface area contributed by atoms with Crippen LogP contribution < -0.4 is 5.32 Å². The van der Waals surface area contributed by atoms with Crippen LogP contribution in [0.5, 0.6) is 0 Å². The van der Waals surface area contributed by atoms with Crippen LogP contribution in [0.4, 0.5) is 11.4 Å². The number of hydrogen-bond donors (Lipinski definition) is 1. The molecule has 126 valence electrons. The predicted octanol–water partition coefficient (Wildman–Crippen LogP) is 5.37. The molecule has 6 nitrogen and oxygen atoms in total. The molecule has 0 unspecified atom stereocenters. The number of nitro benzene ring substituents is 1. The zero-order chi connectivity index (χ0) is 18.0. The molecule has 0 atom stereocenters. The van der Waals surface area contributed by atoms with Crippen LogP contribution in [0, 0.1) is 13.7 Å². The van der Waals surface area contributed by atoms with E-state index in [4.69, 9.17) is 16.0 Å². The van der Waals surface area contributed by atoms with Crippen LogP contribution in [-0.2, 0) is 0 Å². The van der Waals surface area contributed by atoms with E-state index in [-0.39, 0.29) is 11.4 Å². The highest BCUT2D eigenvalue weighted by Gasteiger charge is 2.15. The van der Waals surface area contributed by atoms with Crippen molar-refractivity contribution in [2.45, 2.75) is 0 Å². The zero-order valence-electron chi connectivity index (χ0n) is 12.5. The normalized spacial score (nSPS) is 10.5. The second-order valence-corrected chi connectivity index (χ2v) is 6.70. The lowest BCUT2D eigenvalue weighted by Gasteiger charge is -2.06. The number of hydrogen-bond acceptors (Lipinski definition) is 4. The molecule has 0 bridgehead atoms. The Morgan fingerprint density at radius 1 is 1.16 bits per heavy atom. The van der Waals surface area contributed by atoms with Crippen molar-refractivity contribution in [2.75, 3.05) is 5.32 Å². The largest absolute Gasteiger partial charge is 0.451 e. The van der Waals surface area contributed by atoms with E-state index in [1.807, 2.05) is 6.07 Å². The Kier molecular flexibility index (Phi) is 5.05. The molecule has 0 radical (unpaired) electrons. The van der Waals surface area contributed by atoms with Crippen LogP contribution >= 0.6 is 34.2 Å². The highest BCUT2D eigenvalue weighted by atomic mass is 127. The molecule has 0 saturated heterocycles. The number of nitrogens with one attached hydrogen (secondary N) is 1. The summed E-state index contributed by atoms with van der Waals surface area (Å²) in [5, 5.41) is 13.9. The topological polar surface area (TPSA) is 85.4 Å². The van der Waals surface area contributed by atoms with E-state index in [0.29, 0.717) is 22.0 Å². The van der Waals surface area contributed by atoms with Crippen molar-refractivity contribution in [1.82, 2.24) is 0 Å². The minimum atomic E-state index is -0.487. The first-order valence-electron chi connectivity index (χ1n) is 7.05. The molecule has 0 fully saturated rings. The molecular weight excluding hydrogens is 459 g/mol. The van der Waals surface area contributed by atoms with Gasteiger partial charge < -0.3 is 9.73 Å². The van der Waals surface area contributed by atoms with Gasteiger partial charge in [-0.3, -0.25) is 14.9 Å². The Bertz CT molecular complexity index is 971. The minimum Gasteiger partial charge on any atom is -0.451 e. The fourth-order valence-electron chi connectivity index (χ4n) is 2.16. The van der Waals surface area contributed by atoms with Crippen LogP contribution in [0.15, 0.2) is 59.0 Å². The number of rotatable bonds is 4. The van der Waals surface area contributed by atoms with Crippen molar-refractivity contribution in [1.29, 1.82) is 0 Å². The van der Waals surface area contributed by atoms with Gasteiger partial charge in [0.15, 0.2) is 5.76 Å². The fourth-order valence-corrected chi connectivity index (χ4v) is 3.07. The number of nitrogens with zero attached hydrogens (tertiary/aromatic N) is 1. The van der Waals surface area contributed by atoms with Crippen LogP contribution in [-0.4, -0.2) is 10.8 Å². The molecular formula is C17H10ClIN2O4. The fraction of sp³-hybridized carbons (Fsp3) is 0. The lowest BCUT2D eigenvalue weighted by Crippen LogP contribution is -2.11. The molecule has 0 spiro atoms. The second-order valence-electron chi connectivity index (χ2n) is 5.05. The standard InChI is InChI=1S/C17H10ClIN2O4/c18-13-9-11(19)4-5-14(13)20-17(22)16-7-6-15(25-16)10-2-1-3-12(8-10)21(23)24/h1-9H,(H,20,22). The van der Waals surface area contributed by atoms with Gasteiger partial charge in [0.2, 0.25) is 0 Å². The predicted molar refractivity (Wildman–Crippen MR) is 103 cm³/mol. The monoisotopic (exact) mass is 468 g/mol. The van der Waals surface area contributed by atoms with Crippen LogP contribution in [0.3, 0.4) is 0 Å². The van der Waals surface area contributed by atoms with Crippen molar-refractivity contribution in [3.05, 3.63) is 79.1 Å². The SMILES string of the molecule is O=C(Nc1ccc(I)cc1Cl)c1ccc(-c2cccc([N+](=O)[O-])c2)o1. The molecule has 0 aliphatic rings. The highest BCUT2D eigenvalue weighted by molar-refractivity contribution is 14.1. The number of amides is 1. The van der Waals surface area contributed by atoms with Gasteiger partial charge in [-0.2, -0.15) is 0 Å². The summed E-state index contributed by atoms with van der Waals surface area (Å²) in [6.45, 7) is 0. The molecule has 1 heterocycles. The van der Waals surface area contributed by atoms with Gasteiger partial charge >= 0.3 is 0 Å². The van der Waals surface area contributed by atoms with Gasteiger partial charge in [-0.15, -0.1) is 0 Å². The van der Waals surface area contributed by atoms with Gasteiger partial charge in [0, 0.05) is 21.3 Å². The first-order valence-corrected chi connectivity index (χ1v) is 8.51. The van der Waals surface area contributed by atoms with E-state index in [1.54, 1.807) is 30.3 Å². The maximum Gasteiger partial charge on any atom is 0.291 e. The Labute approximate surface area is 161 Å². The van der Waals surface area contributed by atoms with E-state index in [0.717, 1.165) is 3.57 Å².